The van der Waals surface area contributed by atoms with E-state index in [1.54, 1.807) is 7.11 Å². The van der Waals surface area contributed by atoms with E-state index in [0.717, 1.165) is 73.6 Å². The first-order chi connectivity index (χ1) is 19.5. The van der Waals surface area contributed by atoms with Crippen molar-refractivity contribution in [3.8, 4) is 16.9 Å². The molecule has 0 radical (unpaired) electrons. The summed E-state index contributed by atoms with van der Waals surface area (Å²) in [6.45, 7) is 5.28. The number of ether oxygens (including phenoxy) is 1. The highest BCUT2D eigenvalue weighted by molar-refractivity contribution is 5.95. The fourth-order valence-corrected chi connectivity index (χ4v) is 7.02. The molecule has 1 heterocycles. The van der Waals surface area contributed by atoms with Gasteiger partial charge < -0.3 is 9.64 Å². The number of aromatic nitrogens is 2. The first-order valence-electron chi connectivity index (χ1n) is 15.6. The molecule has 3 saturated carbocycles. The van der Waals surface area contributed by atoms with Crippen molar-refractivity contribution in [3.63, 3.8) is 0 Å². The van der Waals surface area contributed by atoms with Crippen LogP contribution in [0.1, 0.15) is 94.2 Å². The summed E-state index contributed by atoms with van der Waals surface area (Å²) >= 11 is 0. The topological polar surface area (TPSA) is 47.4 Å². The van der Waals surface area contributed by atoms with Gasteiger partial charge in [-0.3, -0.25) is 9.48 Å². The Bertz CT molecular complexity index is 1310. The van der Waals surface area contributed by atoms with Crippen molar-refractivity contribution in [2.45, 2.75) is 90.0 Å². The number of hydrogen-bond acceptors (Lipinski definition) is 3. The number of hydrogen-bond donors (Lipinski definition) is 0. The van der Waals surface area contributed by atoms with E-state index in [1.165, 1.54) is 36.8 Å². The molecule has 40 heavy (non-hydrogen) atoms. The van der Waals surface area contributed by atoms with Gasteiger partial charge in [-0.2, -0.15) is 5.10 Å². The lowest BCUT2D eigenvalue weighted by Crippen LogP contribution is -2.41. The zero-order chi connectivity index (χ0) is 27.6. The van der Waals surface area contributed by atoms with Gasteiger partial charge >= 0.3 is 0 Å². The predicted molar refractivity (Wildman–Crippen MR) is 162 cm³/mol. The lowest BCUT2D eigenvalue weighted by Gasteiger charge is -2.36. The van der Waals surface area contributed by atoms with E-state index in [2.05, 4.69) is 77.2 Å². The minimum absolute atomic E-state index is 0.149. The predicted octanol–water partition coefficient (Wildman–Crippen LogP) is 8.34. The van der Waals surface area contributed by atoms with Crippen LogP contribution in [0.25, 0.3) is 11.1 Å². The number of carbonyl (C=O) groups excluding carboxylic acids is 1. The molecule has 3 aliphatic carbocycles. The molecule has 5 heteroatoms. The van der Waals surface area contributed by atoms with Crippen molar-refractivity contribution in [1.82, 2.24) is 9.78 Å². The van der Waals surface area contributed by atoms with Gasteiger partial charge in [0.1, 0.15) is 5.75 Å². The van der Waals surface area contributed by atoms with E-state index in [-0.39, 0.29) is 5.92 Å². The summed E-state index contributed by atoms with van der Waals surface area (Å²) in [5, 5.41) is 4.61. The Morgan fingerprint density at radius 2 is 1.73 bits per heavy atom. The number of aryl methyl sites for hydroxylation is 1. The molecule has 0 unspecified atom stereocenters. The van der Waals surface area contributed by atoms with Crippen LogP contribution >= 0.6 is 0 Å². The Morgan fingerprint density at radius 1 is 0.950 bits per heavy atom. The van der Waals surface area contributed by atoms with Crippen molar-refractivity contribution in [1.29, 1.82) is 0 Å². The van der Waals surface area contributed by atoms with Crippen LogP contribution < -0.4 is 9.64 Å². The number of benzene rings is 2. The van der Waals surface area contributed by atoms with E-state index in [4.69, 9.17) is 4.74 Å². The number of amides is 1. The molecular weight excluding hydrogens is 494 g/mol. The third-order valence-corrected chi connectivity index (χ3v) is 9.82. The van der Waals surface area contributed by atoms with Crippen LogP contribution in [0, 0.1) is 24.7 Å². The van der Waals surface area contributed by atoms with Crippen LogP contribution in [0.3, 0.4) is 0 Å². The summed E-state index contributed by atoms with van der Waals surface area (Å²) in [5.41, 5.74) is 5.98. The molecule has 3 fully saturated rings. The summed E-state index contributed by atoms with van der Waals surface area (Å²) in [6, 6.07) is 15.9. The molecule has 3 aliphatic rings. The van der Waals surface area contributed by atoms with Crippen molar-refractivity contribution in [3.05, 3.63) is 66.0 Å². The Hall–Kier alpha value is -3.08. The second-order valence-corrected chi connectivity index (χ2v) is 12.8. The van der Waals surface area contributed by atoms with E-state index in [1.807, 2.05) is 6.20 Å². The largest absolute Gasteiger partial charge is 0.496 e. The number of rotatable bonds is 8. The van der Waals surface area contributed by atoms with Gasteiger partial charge in [0, 0.05) is 29.9 Å². The van der Waals surface area contributed by atoms with Crippen molar-refractivity contribution in [2.24, 2.45) is 17.8 Å². The summed E-state index contributed by atoms with van der Waals surface area (Å²) < 4.78 is 7.59. The third-order valence-electron chi connectivity index (χ3n) is 9.82. The molecule has 0 aliphatic heterocycles. The Balaban J connectivity index is 1.19. The molecule has 2 aromatic carbocycles. The smallest absolute Gasteiger partial charge is 0.230 e. The van der Waals surface area contributed by atoms with Gasteiger partial charge in [0.15, 0.2) is 0 Å². The second-order valence-electron chi connectivity index (χ2n) is 12.8. The van der Waals surface area contributed by atoms with Crippen LogP contribution in [0.5, 0.6) is 5.75 Å². The molecule has 0 atom stereocenters. The molecule has 0 spiro atoms. The molecule has 5 nitrogen and oxygen atoms in total. The fourth-order valence-electron chi connectivity index (χ4n) is 7.02. The van der Waals surface area contributed by atoms with E-state index in [0.29, 0.717) is 23.8 Å². The fraction of sp³-hybridized carbons (Fsp3) is 0.543. The summed E-state index contributed by atoms with van der Waals surface area (Å²) in [7, 11) is 1.74. The monoisotopic (exact) mass is 539 g/mol. The highest BCUT2D eigenvalue weighted by atomic mass is 16.5. The second kappa shape index (κ2) is 11.8. The van der Waals surface area contributed by atoms with Crippen LogP contribution in [0.15, 0.2) is 54.9 Å². The Kier molecular flexibility index (Phi) is 8.00. The number of methoxy groups -OCH3 is 1. The maximum absolute atomic E-state index is 14.1. The van der Waals surface area contributed by atoms with Gasteiger partial charge in [0.2, 0.25) is 5.91 Å². The zero-order valence-corrected chi connectivity index (χ0v) is 24.5. The van der Waals surface area contributed by atoms with Gasteiger partial charge in [0.05, 0.1) is 19.3 Å². The normalized spacial score (nSPS) is 25.0. The quantitative estimate of drug-likeness (QED) is 0.289. The van der Waals surface area contributed by atoms with E-state index in [9.17, 15) is 4.79 Å². The van der Waals surface area contributed by atoms with Gasteiger partial charge in [-0.1, -0.05) is 31.2 Å². The minimum Gasteiger partial charge on any atom is -0.496 e. The minimum atomic E-state index is 0.149. The lowest BCUT2D eigenvalue weighted by molar-refractivity contribution is -0.123. The van der Waals surface area contributed by atoms with Crippen LogP contribution in [-0.2, 0) is 4.79 Å². The average molecular weight is 540 g/mol. The van der Waals surface area contributed by atoms with Gasteiger partial charge in [-0.05, 0) is 124 Å². The molecule has 0 bridgehead atoms. The lowest BCUT2D eigenvalue weighted by atomic mass is 9.78. The van der Waals surface area contributed by atoms with Gasteiger partial charge in [0.25, 0.3) is 0 Å². The molecule has 1 amide bonds. The molecule has 6 rings (SSSR count). The number of nitrogens with zero attached hydrogens (tertiary/aromatic N) is 3. The van der Waals surface area contributed by atoms with Crippen LogP contribution in [0.2, 0.25) is 0 Å². The maximum Gasteiger partial charge on any atom is 0.230 e. The molecule has 0 N–H and O–H groups in total. The first-order valence-corrected chi connectivity index (χ1v) is 15.6. The van der Waals surface area contributed by atoms with E-state index < -0.39 is 0 Å². The van der Waals surface area contributed by atoms with Crippen molar-refractivity contribution in [2.75, 3.05) is 18.6 Å². The van der Waals surface area contributed by atoms with Gasteiger partial charge in [-0.25, -0.2) is 0 Å². The molecule has 212 valence electrons. The zero-order valence-electron chi connectivity index (χ0n) is 24.5. The SMILES string of the molecule is COc1ccc([C@H]2CC[C@H](CN(c3cccc(-c4cnn(C5CC5)c4)c3)C(=O)[C@H]3CC[C@H](C)CC3)CC2)cc1C. The van der Waals surface area contributed by atoms with Crippen LogP contribution in [-0.4, -0.2) is 29.3 Å². The highest BCUT2D eigenvalue weighted by Crippen LogP contribution is 2.40. The summed E-state index contributed by atoms with van der Waals surface area (Å²) in [5.74, 6) is 3.31. The summed E-state index contributed by atoms with van der Waals surface area (Å²) in [6.07, 6.45) is 15.7. The molecule has 0 saturated heterocycles. The standard InChI is InChI=1S/C35H45N3O2/c1-24-7-11-28(12-8-24)35(39)37(33-6-4-5-29(20-33)31-21-36-38(23-31)32-16-17-32)22-26-9-13-27(14-10-26)30-15-18-34(40-3)25(2)19-30/h4-6,15,18-21,23-24,26-28,32H,7-14,16-17,22H2,1-3H3/t24-,26-,27-,28-. The third kappa shape index (κ3) is 5.99. The number of carbonyl (C=O) groups is 1. The average Bonchev–Trinajstić information content (AvgIpc) is 3.72. The number of anilines is 1. The van der Waals surface area contributed by atoms with Crippen molar-refractivity contribution >= 4 is 11.6 Å². The maximum atomic E-state index is 14.1. The van der Waals surface area contributed by atoms with E-state index >= 15 is 0 Å². The summed E-state index contributed by atoms with van der Waals surface area (Å²) in [4.78, 5) is 16.3. The molecular formula is C35H45N3O2. The Morgan fingerprint density at radius 3 is 2.42 bits per heavy atom. The Labute approximate surface area is 239 Å². The highest BCUT2D eigenvalue weighted by Gasteiger charge is 2.32. The van der Waals surface area contributed by atoms with Crippen molar-refractivity contribution < 1.29 is 9.53 Å². The first kappa shape index (κ1) is 27.1. The molecule has 3 aromatic rings. The van der Waals surface area contributed by atoms with Gasteiger partial charge in [-0.15, -0.1) is 0 Å². The molecule has 1 aromatic heterocycles. The van der Waals surface area contributed by atoms with Crippen LogP contribution in [0.4, 0.5) is 5.69 Å².